The molecular weight excluding hydrogens is 340 g/mol. The van der Waals surface area contributed by atoms with E-state index in [1.165, 1.54) is 12.1 Å². The fourth-order valence-corrected chi connectivity index (χ4v) is 4.18. The van der Waals surface area contributed by atoms with Gasteiger partial charge in [-0.2, -0.15) is 0 Å². The van der Waals surface area contributed by atoms with E-state index in [-0.39, 0.29) is 33.9 Å². The number of hydrazine groups is 1. The minimum Gasteiger partial charge on any atom is -0.308 e. The van der Waals surface area contributed by atoms with Crippen LogP contribution in [0, 0.1) is 37.0 Å². The molecule has 2 saturated carbocycles. The number of anilines is 1. The number of non-ortho nitro benzene ring substituents is 1. The normalized spacial score (nSPS) is 27.6. The van der Waals surface area contributed by atoms with E-state index in [9.17, 15) is 25.0 Å². The van der Waals surface area contributed by atoms with Crippen molar-refractivity contribution in [2.24, 2.45) is 16.7 Å². The van der Waals surface area contributed by atoms with Crippen LogP contribution in [0.4, 0.5) is 17.1 Å². The molecule has 0 heterocycles. The van der Waals surface area contributed by atoms with Crippen LogP contribution in [0.3, 0.4) is 0 Å². The Morgan fingerprint density at radius 1 is 1.19 bits per heavy atom. The molecule has 0 saturated heterocycles. The van der Waals surface area contributed by atoms with E-state index in [1.54, 1.807) is 6.20 Å². The number of nitrogens with one attached hydrogen (secondary N) is 2. The second-order valence-electron chi connectivity index (χ2n) is 7.56. The van der Waals surface area contributed by atoms with Gasteiger partial charge in [0.05, 0.1) is 15.9 Å². The Kier molecular flexibility index (Phi) is 3.97. The number of rotatable bonds is 5. The molecule has 0 aromatic heterocycles. The summed E-state index contributed by atoms with van der Waals surface area (Å²) < 4.78 is 0. The van der Waals surface area contributed by atoms with Crippen molar-refractivity contribution in [2.75, 3.05) is 5.43 Å². The summed E-state index contributed by atoms with van der Waals surface area (Å²) in [4.78, 5) is 33.3. The molecular formula is C17H20N4O5. The molecule has 26 heavy (non-hydrogen) atoms. The summed E-state index contributed by atoms with van der Waals surface area (Å²) in [5.41, 5.74) is 4.88. The van der Waals surface area contributed by atoms with Crippen molar-refractivity contribution in [3.05, 3.63) is 50.2 Å². The fraction of sp³-hybridized carbons (Fsp3) is 0.471. The van der Waals surface area contributed by atoms with Gasteiger partial charge in [0.1, 0.15) is 5.69 Å². The smallest absolute Gasteiger partial charge is 0.300 e. The second-order valence-corrected chi connectivity index (χ2v) is 7.56. The van der Waals surface area contributed by atoms with Crippen LogP contribution in [0.15, 0.2) is 30.0 Å². The Balaban J connectivity index is 1.81. The van der Waals surface area contributed by atoms with Crippen molar-refractivity contribution in [1.29, 1.82) is 0 Å². The third-order valence-corrected chi connectivity index (χ3v) is 6.19. The largest absolute Gasteiger partial charge is 0.308 e. The van der Waals surface area contributed by atoms with Gasteiger partial charge < -0.3 is 5.43 Å². The predicted octanol–water partition coefficient (Wildman–Crippen LogP) is 3.33. The molecule has 0 radical (unpaired) electrons. The maximum atomic E-state index is 12.7. The van der Waals surface area contributed by atoms with Gasteiger partial charge >= 0.3 is 5.69 Å². The molecule has 0 spiro atoms. The molecule has 2 fully saturated rings. The molecule has 2 atom stereocenters. The minimum atomic E-state index is -0.697. The monoisotopic (exact) mass is 360 g/mol. The minimum absolute atomic E-state index is 0.0820. The summed E-state index contributed by atoms with van der Waals surface area (Å²) in [5.74, 6) is 0.243. The lowest BCUT2D eigenvalue weighted by molar-refractivity contribution is -0.393. The Morgan fingerprint density at radius 3 is 2.42 bits per heavy atom. The Hall–Kier alpha value is -2.97. The summed E-state index contributed by atoms with van der Waals surface area (Å²) in [5, 5.41) is 21.9. The average molecular weight is 360 g/mol. The number of allylic oxidation sites excluding steroid dienone is 1. The number of fused-ring (bicyclic) bond motifs is 2. The lowest BCUT2D eigenvalue weighted by Crippen LogP contribution is -2.32. The molecule has 2 aliphatic rings. The van der Waals surface area contributed by atoms with Gasteiger partial charge in [0.2, 0.25) is 0 Å². The molecule has 0 aliphatic heterocycles. The molecule has 0 unspecified atom stereocenters. The van der Waals surface area contributed by atoms with Crippen molar-refractivity contribution in [2.45, 2.75) is 33.6 Å². The van der Waals surface area contributed by atoms with Gasteiger partial charge in [-0.15, -0.1) is 0 Å². The number of Topliss-reactive ketones (excluding diaryl/α,β-unsaturated/α-hetero) is 1. The number of hydrogen-bond donors (Lipinski definition) is 2. The summed E-state index contributed by atoms with van der Waals surface area (Å²) in [6.45, 7) is 6.18. The molecule has 2 aliphatic carbocycles. The highest BCUT2D eigenvalue weighted by Gasteiger charge is 2.63. The number of nitrogens with zero attached hydrogens (tertiary/aromatic N) is 2. The zero-order chi connectivity index (χ0) is 19.3. The quantitative estimate of drug-likeness (QED) is 0.468. The highest BCUT2D eigenvalue weighted by molar-refractivity contribution is 6.04. The molecule has 9 heteroatoms. The first-order chi connectivity index (χ1) is 12.1. The zero-order valence-electron chi connectivity index (χ0n) is 14.7. The SMILES string of the molecule is CC1(C)[C@H]2CC[C@]1(C)C(=O)/C2=C/NNc1ccc([N+](=O)[O-])cc1[N+](=O)[O-]. The van der Waals surface area contributed by atoms with E-state index in [1.807, 2.05) is 6.92 Å². The van der Waals surface area contributed by atoms with Gasteiger partial charge in [-0.25, -0.2) is 0 Å². The van der Waals surface area contributed by atoms with Crippen LogP contribution in [0.2, 0.25) is 0 Å². The Morgan fingerprint density at radius 2 is 1.88 bits per heavy atom. The lowest BCUT2D eigenvalue weighted by atomic mass is 9.70. The fourth-order valence-electron chi connectivity index (χ4n) is 4.18. The van der Waals surface area contributed by atoms with E-state index in [0.717, 1.165) is 18.9 Å². The maximum Gasteiger partial charge on any atom is 0.300 e. The van der Waals surface area contributed by atoms with Crippen LogP contribution in [0.1, 0.15) is 33.6 Å². The summed E-state index contributed by atoms with van der Waals surface area (Å²) in [7, 11) is 0. The van der Waals surface area contributed by atoms with Crippen LogP contribution >= 0.6 is 0 Å². The lowest BCUT2D eigenvalue weighted by Gasteiger charge is -2.31. The number of hydrogen-bond acceptors (Lipinski definition) is 7. The van der Waals surface area contributed by atoms with Gasteiger partial charge in [0, 0.05) is 23.3 Å². The van der Waals surface area contributed by atoms with Crippen LogP contribution < -0.4 is 10.9 Å². The van der Waals surface area contributed by atoms with Crippen LogP contribution in [0.25, 0.3) is 0 Å². The number of ketones is 1. The highest BCUT2D eigenvalue weighted by atomic mass is 16.6. The van der Waals surface area contributed by atoms with Gasteiger partial charge in [0.15, 0.2) is 5.78 Å². The number of carbonyl (C=O) groups excluding carboxylic acids is 1. The van der Waals surface area contributed by atoms with Crippen molar-refractivity contribution < 1.29 is 14.6 Å². The molecule has 138 valence electrons. The van der Waals surface area contributed by atoms with Gasteiger partial charge in [-0.1, -0.05) is 20.8 Å². The standard InChI is InChI=1S/C17H20N4O5/c1-16(2)12-6-7-17(16,3)15(22)11(12)9-18-19-13-5-4-10(20(23)24)8-14(13)21(25)26/h4-5,8-9,12,18-19H,6-7H2,1-3H3/b11-9+/t12-,17+/m0/s1. The van der Waals surface area contributed by atoms with E-state index in [2.05, 4.69) is 24.7 Å². The second kappa shape index (κ2) is 5.79. The van der Waals surface area contributed by atoms with Gasteiger partial charge in [-0.05, 0) is 30.2 Å². The van der Waals surface area contributed by atoms with Crippen LogP contribution in [-0.4, -0.2) is 15.6 Å². The topological polar surface area (TPSA) is 127 Å². The first-order valence-electron chi connectivity index (χ1n) is 8.29. The number of benzene rings is 1. The van der Waals surface area contributed by atoms with Crippen LogP contribution in [0.5, 0.6) is 0 Å². The molecule has 2 bridgehead atoms. The number of nitro benzene ring substituents is 2. The van der Waals surface area contributed by atoms with E-state index in [4.69, 9.17) is 0 Å². The van der Waals surface area contributed by atoms with E-state index < -0.39 is 15.5 Å². The van der Waals surface area contributed by atoms with Crippen molar-refractivity contribution >= 4 is 22.8 Å². The third kappa shape index (κ3) is 2.42. The molecule has 3 rings (SSSR count). The maximum absolute atomic E-state index is 12.7. The molecule has 0 amide bonds. The Bertz CT molecular complexity index is 848. The number of carbonyl (C=O) groups is 1. The third-order valence-electron chi connectivity index (χ3n) is 6.19. The van der Waals surface area contributed by atoms with E-state index >= 15 is 0 Å². The van der Waals surface area contributed by atoms with Gasteiger partial charge in [-0.3, -0.25) is 30.4 Å². The summed E-state index contributed by atoms with van der Waals surface area (Å²) in [6, 6.07) is 3.33. The van der Waals surface area contributed by atoms with E-state index in [0.29, 0.717) is 5.57 Å². The van der Waals surface area contributed by atoms with Crippen molar-refractivity contribution in [1.82, 2.24) is 5.43 Å². The zero-order valence-corrected chi connectivity index (χ0v) is 14.7. The van der Waals surface area contributed by atoms with Crippen LogP contribution in [-0.2, 0) is 4.79 Å². The first kappa shape index (κ1) is 17.8. The average Bonchev–Trinajstić information content (AvgIpc) is 2.88. The summed E-state index contributed by atoms with van der Waals surface area (Å²) in [6.07, 6.45) is 3.35. The molecule has 1 aromatic carbocycles. The summed E-state index contributed by atoms with van der Waals surface area (Å²) >= 11 is 0. The number of nitro groups is 2. The van der Waals surface area contributed by atoms with Crippen molar-refractivity contribution in [3.8, 4) is 0 Å². The molecule has 9 nitrogen and oxygen atoms in total. The predicted molar refractivity (Wildman–Crippen MR) is 94.2 cm³/mol. The first-order valence-corrected chi connectivity index (χ1v) is 8.29. The Labute approximate surface area is 149 Å². The molecule has 2 N–H and O–H groups in total. The van der Waals surface area contributed by atoms with Crippen molar-refractivity contribution in [3.63, 3.8) is 0 Å². The van der Waals surface area contributed by atoms with Gasteiger partial charge in [0.25, 0.3) is 5.69 Å². The highest BCUT2D eigenvalue weighted by Crippen LogP contribution is 2.65. The molecule has 1 aromatic rings.